The maximum absolute atomic E-state index is 12.1. The predicted octanol–water partition coefficient (Wildman–Crippen LogP) is 1.90. The van der Waals surface area contributed by atoms with Gasteiger partial charge in [0, 0.05) is 5.41 Å². The minimum atomic E-state index is -3.62. The van der Waals surface area contributed by atoms with Crippen molar-refractivity contribution in [1.82, 2.24) is 0 Å². The molecule has 2 N–H and O–H groups in total. The maximum atomic E-state index is 12.1. The Morgan fingerprint density at radius 3 is 2.17 bits per heavy atom. The molecule has 1 aliphatic rings. The summed E-state index contributed by atoms with van der Waals surface area (Å²) >= 11 is 0. The molecule has 1 saturated carbocycles. The molecule has 0 aromatic heterocycles. The number of sulfonamides is 1. The van der Waals surface area contributed by atoms with Crippen molar-refractivity contribution in [3.8, 4) is 0 Å². The fraction of sp³-hybridized carbons (Fsp3) is 1.00. The van der Waals surface area contributed by atoms with Crippen LogP contribution < -0.4 is 5.14 Å². The molecule has 0 atom stereocenters. The molecule has 0 bridgehead atoms. The van der Waals surface area contributed by atoms with E-state index in [1.165, 1.54) is 0 Å². The van der Waals surface area contributed by atoms with Crippen molar-refractivity contribution in [3.63, 3.8) is 0 Å². The van der Waals surface area contributed by atoms with Crippen LogP contribution in [-0.4, -0.2) is 33.8 Å². The zero-order chi connectivity index (χ0) is 13.6. The number of alkyl halides is 2. The second kappa shape index (κ2) is 6.77. The lowest BCUT2D eigenvalue weighted by Gasteiger charge is -2.31. The predicted molar refractivity (Wildman–Crippen MR) is 64.9 cm³/mol. The Kier molecular flexibility index (Phi) is 5.94. The van der Waals surface area contributed by atoms with Gasteiger partial charge < -0.3 is 4.74 Å². The lowest BCUT2D eigenvalue weighted by molar-refractivity contribution is -0.0196. The van der Waals surface area contributed by atoms with Crippen molar-refractivity contribution in [1.29, 1.82) is 0 Å². The number of nitrogens with two attached hydrogens (primary N) is 1. The second-order valence-electron chi connectivity index (χ2n) is 5.13. The molecule has 108 valence electrons. The number of hydrogen-bond donors (Lipinski definition) is 1. The highest BCUT2D eigenvalue weighted by atomic mass is 32.2. The van der Waals surface area contributed by atoms with Crippen molar-refractivity contribution in [2.24, 2.45) is 10.6 Å². The summed E-state index contributed by atoms with van der Waals surface area (Å²) < 4.78 is 51.7. The topological polar surface area (TPSA) is 69.4 Å². The number of primary sulfonamides is 1. The Hall–Kier alpha value is -0.270. The lowest BCUT2D eigenvalue weighted by Crippen LogP contribution is -2.37. The van der Waals surface area contributed by atoms with Gasteiger partial charge >= 0.3 is 0 Å². The van der Waals surface area contributed by atoms with Gasteiger partial charge in [0.05, 0.1) is 12.4 Å². The van der Waals surface area contributed by atoms with Crippen LogP contribution in [-0.2, 0) is 14.8 Å². The number of ether oxygens (including phenoxy) is 1. The molecule has 0 heterocycles. The largest absolute Gasteiger partial charge is 0.375 e. The van der Waals surface area contributed by atoms with E-state index in [1.54, 1.807) is 0 Å². The Labute approximate surface area is 107 Å². The van der Waals surface area contributed by atoms with E-state index in [9.17, 15) is 17.2 Å². The molecule has 0 saturated heterocycles. The average Bonchev–Trinajstić information content (AvgIpc) is 2.40. The Morgan fingerprint density at radius 1 is 1.17 bits per heavy atom. The standard InChI is InChI=1S/C11H21F2NO3S/c12-10(13)7-17-8-11(9-18(14,15)16)5-3-1-2-4-6-11/h10H,1-9H2,(H2,14,15,16). The van der Waals surface area contributed by atoms with Crippen LogP contribution in [0.1, 0.15) is 38.5 Å². The van der Waals surface area contributed by atoms with Crippen molar-refractivity contribution in [2.45, 2.75) is 45.0 Å². The van der Waals surface area contributed by atoms with E-state index in [-0.39, 0.29) is 12.4 Å². The van der Waals surface area contributed by atoms with Gasteiger partial charge in [-0.15, -0.1) is 0 Å². The third-order valence-corrected chi connectivity index (χ3v) is 4.34. The summed E-state index contributed by atoms with van der Waals surface area (Å²) in [7, 11) is -3.62. The highest BCUT2D eigenvalue weighted by Gasteiger charge is 2.35. The molecular formula is C11H21F2NO3S. The fourth-order valence-corrected chi connectivity index (χ4v) is 3.83. The van der Waals surface area contributed by atoms with Gasteiger partial charge in [-0.1, -0.05) is 25.7 Å². The smallest absolute Gasteiger partial charge is 0.261 e. The van der Waals surface area contributed by atoms with E-state index in [1.807, 2.05) is 0 Å². The van der Waals surface area contributed by atoms with Crippen LogP contribution >= 0.6 is 0 Å². The molecule has 0 aromatic rings. The van der Waals surface area contributed by atoms with Gasteiger partial charge in [0.2, 0.25) is 10.0 Å². The maximum Gasteiger partial charge on any atom is 0.261 e. The molecule has 0 unspecified atom stereocenters. The van der Waals surface area contributed by atoms with Crippen molar-refractivity contribution < 1.29 is 21.9 Å². The zero-order valence-corrected chi connectivity index (χ0v) is 11.2. The highest BCUT2D eigenvalue weighted by molar-refractivity contribution is 7.89. The third-order valence-electron chi connectivity index (χ3n) is 3.32. The molecule has 0 spiro atoms. The second-order valence-corrected chi connectivity index (χ2v) is 6.74. The van der Waals surface area contributed by atoms with E-state index in [4.69, 9.17) is 9.88 Å². The third kappa shape index (κ3) is 6.06. The molecule has 7 heteroatoms. The van der Waals surface area contributed by atoms with Gasteiger partial charge in [-0.3, -0.25) is 0 Å². The fourth-order valence-electron chi connectivity index (χ4n) is 2.60. The van der Waals surface area contributed by atoms with Crippen molar-refractivity contribution in [2.75, 3.05) is 19.0 Å². The van der Waals surface area contributed by atoms with Gasteiger partial charge in [0.15, 0.2) is 0 Å². The van der Waals surface area contributed by atoms with E-state index in [0.29, 0.717) is 12.8 Å². The molecule has 0 aliphatic heterocycles. The van der Waals surface area contributed by atoms with Crippen LogP contribution in [0.2, 0.25) is 0 Å². The highest BCUT2D eigenvalue weighted by Crippen LogP contribution is 2.36. The van der Waals surface area contributed by atoms with Gasteiger partial charge in [0.25, 0.3) is 6.43 Å². The monoisotopic (exact) mass is 285 g/mol. The van der Waals surface area contributed by atoms with Crippen LogP contribution in [0.4, 0.5) is 8.78 Å². The summed E-state index contributed by atoms with van der Waals surface area (Å²) in [5, 5.41) is 5.10. The summed E-state index contributed by atoms with van der Waals surface area (Å²) in [5.74, 6) is -0.177. The zero-order valence-electron chi connectivity index (χ0n) is 10.4. The van der Waals surface area contributed by atoms with Gasteiger partial charge in [-0.05, 0) is 12.8 Å². The normalized spacial score (nSPS) is 20.9. The Bertz CT molecular complexity index is 338. The molecule has 1 rings (SSSR count). The Morgan fingerprint density at radius 2 is 1.72 bits per heavy atom. The number of rotatable bonds is 6. The molecule has 1 aliphatic carbocycles. The van der Waals surface area contributed by atoms with Gasteiger partial charge in [0.1, 0.15) is 6.61 Å². The van der Waals surface area contributed by atoms with Crippen molar-refractivity contribution in [3.05, 3.63) is 0 Å². The van der Waals surface area contributed by atoms with Crippen LogP contribution in [0.3, 0.4) is 0 Å². The first kappa shape index (κ1) is 15.8. The van der Waals surface area contributed by atoms with Crippen molar-refractivity contribution >= 4 is 10.0 Å². The molecule has 0 amide bonds. The minimum Gasteiger partial charge on any atom is -0.375 e. The lowest BCUT2D eigenvalue weighted by atomic mass is 9.83. The van der Waals surface area contributed by atoms with E-state index < -0.39 is 28.5 Å². The molecule has 0 radical (unpaired) electrons. The first-order chi connectivity index (χ1) is 8.33. The first-order valence-corrected chi connectivity index (χ1v) is 7.91. The van der Waals surface area contributed by atoms with Crippen LogP contribution in [0.15, 0.2) is 0 Å². The first-order valence-electron chi connectivity index (χ1n) is 6.19. The van der Waals surface area contributed by atoms with Crippen LogP contribution in [0, 0.1) is 5.41 Å². The van der Waals surface area contributed by atoms with Crippen LogP contribution in [0.5, 0.6) is 0 Å². The molecule has 1 fully saturated rings. The van der Waals surface area contributed by atoms with E-state index in [0.717, 1.165) is 25.7 Å². The summed E-state index contributed by atoms with van der Waals surface area (Å²) in [4.78, 5) is 0. The summed E-state index contributed by atoms with van der Waals surface area (Å²) in [5.41, 5.74) is -0.584. The molecule has 18 heavy (non-hydrogen) atoms. The van der Waals surface area contributed by atoms with E-state index in [2.05, 4.69) is 0 Å². The summed E-state index contributed by atoms with van der Waals surface area (Å²) in [6.07, 6.45) is 2.70. The summed E-state index contributed by atoms with van der Waals surface area (Å²) in [6, 6.07) is 0. The van der Waals surface area contributed by atoms with Crippen LogP contribution in [0.25, 0.3) is 0 Å². The van der Waals surface area contributed by atoms with E-state index >= 15 is 0 Å². The molecule has 4 nitrogen and oxygen atoms in total. The number of halogens is 2. The SMILES string of the molecule is NS(=O)(=O)CC1(COCC(F)F)CCCCCC1. The van der Waals surface area contributed by atoms with Gasteiger partial charge in [-0.25, -0.2) is 22.3 Å². The van der Waals surface area contributed by atoms with Gasteiger partial charge in [-0.2, -0.15) is 0 Å². The number of hydrogen-bond acceptors (Lipinski definition) is 3. The molecule has 0 aromatic carbocycles. The minimum absolute atomic E-state index is 0.0494. The molecular weight excluding hydrogens is 264 g/mol. The average molecular weight is 285 g/mol. The Balaban J connectivity index is 2.66. The summed E-state index contributed by atoms with van der Waals surface area (Å²) in [6.45, 7) is -0.597. The quantitative estimate of drug-likeness (QED) is 0.758.